The summed E-state index contributed by atoms with van der Waals surface area (Å²) < 4.78 is 5.42. The van der Waals surface area contributed by atoms with Gasteiger partial charge >= 0.3 is 0 Å². The second-order valence-electron chi connectivity index (χ2n) is 4.25. The highest BCUT2D eigenvalue weighted by Crippen LogP contribution is 2.43. The van der Waals surface area contributed by atoms with Gasteiger partial charge in [0.15, 0.2) is 0 Å². The van der Waals surface area contributed by atoms with Crippen molar-refractivity contribution in [2.45, 2.75) is 12.3 Å². The summed E-state index contributed by atoms with van der Waals surface area (Å²) in [6, 6.07) is 10.1. The summed E-state index contributed by atoms with van der Waals surface area (Å²) >= 11 is 1.62. The van der Waals surface area contributed by atoms with Crippen molar-refractivity contribution >= 4 is 17.0 Å². The fourth-order valence-corrected chi connectivity index (χ4v) is 3.50. The number of methoxy groups -OCH3 is 1. The van der Waals surface area contributed by atoms with Crippen LogP contribution in [0.25, 0.3) is 0 Å². The van der Waals surface area contributed by atoms with E-state index in [0.29, 0.717) is 0 Å². The summed E-state index contributed by atoms with van der Waals surface area (Å²) in [5.74, 6) is 1.12. The van der Waals surface area contributed by atoms with Crippen molar-refractivity contribution < 1.29 is 9.94 Å². The number of para-hydroxylation sites is 1. The van der Waals surface area contributed by atoms with Gasteiger partial charge in [-0.15, -0.1) is 11.3 Å². The zero-order chi connectivity index (χ0) is 12.5. The molecule has 0 bridgehead atoms. The second-order valence-corrected chi connectivity index (χ2v) is 5.17. The normalized spacial score (nSPS) is 20.1. The number of benzene rings is 1. The monoisotopic (exact) mass is 259 g/mol. The van der Waals surface area contributed by atoms with E-state index in [0.717, 1.165) is 28.3 Å². The predicted octanol–water partition coefficient (Wildman–Crippen LogP) is 3.47. The highest BCUT2D eigenvalue weighted by atomic mass is 32.1. The van der Waals surface area contributed by atoms with Crippen LogP contribution in [0, 0.1) is 0 Å². The molecular weight excluding hydrogens is 246 g/mol. The maximum atomic E-state index is 9.09. The first-order valence-electron chi connectivity index (χ1n) is 5.76. The first-order valence-corrected chi connectivity index (χ1v) is 6.64. The quantitative estimate of drug-likeness (QED) is 0.662. The van der Waals surface area contributed by atoms with Gasteiger partial charge in [-0.1, -0.05) is 23.4 Å². The zero-order valence-electron chi connectivity index (χ0n) is 9.96. The Balaban J connectivity index is 2.10. The van der Waals surface area contributed by atoms with E-state index < -0.39 is 0 Å². The van der Waals surface area contributed by atoms with Crippen LogP contribution in [0.2, 0.25) is 0 Å². The third kappa shape index (κ3) is 1.61. The van der Waals surface area contributed by atoms with Crippen molar-refractivity contribution in [2.24, 2.45) is 5.16 Å². The number of thiophene rings is 1. The number of fused-ring (bicyclic) bond motifs is 1. The van der Waals surface area contributed by atoms with Crippen molar-refractivity contribution in [3.05, 3.63) is 51.7 Å². The molecule has 0 spiro atoms. The van der Waals surface area contributed by atoms with Crippen LogP contribution in [0.1, 0.15) is 28.3 Å². The molecule has 0 radical (unpaired) electrons. The molecule has 0 aliphatic heterocycles. The lowest BCUT2D eigenvalue weighted by atomic mass is 9.93. The van der Waals surface area contributed by atoms with Crippen molar-refractivity contribution in [1.29, 1.82) is 0 Å². The molecule has 0 amide bonds. The van der Waals surface area contributed by atoms with Gasteiger partial charge in [0.05, 0.1) is 17.7 Å². The van der Waals surface area contributed by atoms with Crippen LogP contribution in [0.15, 0.2) is 40.9 Å². The van der Waals surface area contributed by atoms with Crippen LogP contribution in [0.4, 0.5) is 0 Å². The Bertz CT molecular complexity index is 603. The Morgan fingerprint density at radius 1 is 1.28 bits per heavy atom. The lowest BCUT2D eigenvalue weighted by Gasteiger charge is -2.14. The van der Waals surface area contributed by atoms with Crippen LogP contribution >= 0.6 is 11.3 Å². The third-order valence-electron chi connectivity index (χ3n) is 3.37. The highest BCUT2D eigenvalue weighted by molar-refractivity contribution is 7.12. The third-order valence-corrected chi connectivity index (χ3v) is 4.34. The Labute approximate surface area is 109 Å². The van der Waals surface area contributed by atoms with E-state index >= 15 is 0 Å². The molecule has 1 heterocycles. The van der Waals surface area contributed by atoms with Gasteiger partial charge in [0.1, 0.15) is 5.75 Å². The maximum absolute atomic E-state index is 9.09. The van der Waals surface area contributed by atoms with Gasteiger partial charge in [0.25, 0.3) is 0 Å². The fraction of sp³-hybridized carbons (Fsp3) is 0.214. The maximum Gasteiger partial charge on any atom is 0.122 e. The van der Waals surface area contributed by atoms with Gasteiger partial charge in [0.2, 0.25) is 0 Å². The smallest absolute Gasteiger partial charge is 0.122 e. The molecule has 1 aromatic carbocycles. The van der Waals surface area contributed by atoms with Crippen LogP contribution in [-0.2, 0) is 0 Å². The Hall–Kier alpha value is -1.81. The molecule has 0 saturated carbocycles. The molecule has 0 saturated heterocycles. The summed E-state index contributed by atoms with van der Waals surface area (Å²) in [4.78, 5) is 1.09. The number of nitrogens with zero attached hydrogens (tertiary/aromatic N) is 1. The van der Waals surface area contributed by atoms with Crippen LogP contribution in [-0.4, -0.2) is 18.0 Å². The molecule has 0 fully saturated rings. The van der Waals surface area contributed by atoms with Crippen LogP contribution in [0.5, 0.6) is 5.75 Å². The molecular formula is C14H13NO2S. The molecule has 2 aromatic rings. The lowest BCUT2D eigenvalue weighted by Crippen LogP contribution is -2.00. The minimum Gasteiger partial charge on any atom is -0.496 e. The molecule has 3 rings (SSSR count). The summed E-state index contributed by atoms with van der Waals surface area (Å²) in [5.41, 5.74) is 3.16. The number of hydrogen-bond acceptors (Lipinski definition) is 4. The van der Waals surface area contributed by atoms with E-state index in [9.17, 15) is 0 Å². The molecule has 1 aromatic heterocycles. The summed E-state index contributed by atoms with van der Waals surface area (Å²) in [6.45, 7) is 0. The summed E-state index contributed by atoms with van der Waals surface area (Å²) in [7, 11) is 1.68. The van der Waals surface area contributed by atoms with Gasteiger partial charge in [-0.25, -0.2) is 0 Å². The Morgan fingerprint density at radius 2 is 2.11 bits per heavy atom. The standard InChI is InChI=1S/C14H13NO2S/c1-17-13-5-3-2-4-9(13)11-8-12(15-16)14-10(11)6-7-18-14/h2-7,11,16H,8H2,1H3. The molecule has 1 atom stereocenters. The molecule has 1 N–H and O–H groups in total. The number of rotatable bonds is 2. The van der Waals surface area contributed by atoms with E-state index in [2.05, 4.69) is 17.3 Å². The zero-order valence-corrected chi connectivity index (χ0v) is 10.8. The summed E-state index contributed by atoms with van der Waals surface area (Å²) in [5, 5.41) is 14.5. The van der Waals surface area contributed by atoms with Crippen molar-refractivity contribution in [3.8, 4) is 5.75 Å². The van der Waals surface area contributed by atoms with E-state index in [-0.39, 0.29) is 5.92 Å². The average Bonchev–Trinajstić information content (AvgIpc) is 3.00. The van der Waals surface area contributed by atoms with Crippen LogP contribution < -0.4 is 4.74 Å². The lowest BCUT2D eigenvalue weighted by molar-refractivity contribution is 0.318. The molecule has 1 aliphatic rings. The topological polar surface area (TPSA) is 41.8 Å². The Kier molecular flexibility index (Phi) is 2.80. The average molecular weight is 259 g/mol. The minimum absolute atomic E-state index is 0.230. The fourth-order valence-electron chi connectivity index (χ4n) is 2.54. The molecule has 3 nitrogen and oxygen atoms in total. The first-order chi connectivity index (χ1) is 8.85. The number of oxime groups is 1. The second kappa shape index (κ2) is 4.46. The SMILES string of the molecule is COc1ccccc1C1CC(=NO)c2sccc21. The van der Waals surface area contributed by atoms with Gasteiger partial charge in [-0.05, 0) is 23.1 Å². The van der Waals surface area contributed by atoms with Gasteiger partial charge in [0, 0.05) is 17.9 Å². The van der Waals surface area contributed by atoms with E-state index in [4.69, 9.17) is 9.94 Å². The van der Waals surface area contributed by atoms with Crippen molar-refractivity contribution in [1.82, 2.24) is 0 Å². The number of hydrogen-bond donors (Lipinski definition) is 1. The van der Waals surface area contributed by atoms with Gasteiger partial charge < -0.3 is 9.94 Å². The van der Waals surface area contributed by atoms with Crippen molar-refractivity contribution in [2.75, 3.05) is 7.11 Å². The van der Waals surface area contributed by atoms with E-state index in [1.165, 1.54) is 5.56 Å². The molecule has 92 valence electrons. The largest absolute Gasteiger partial charge is 0.496 e. The van der Waals surface area contributed by atoms with E-state index in [1.54, 1.807) is 18.4 Å². The Morgan fingerprint density at radius 3 is 2.89 bits per heavy atom. The number of ether oxygens (including phenoxy) is 1. The molecule has 1 aliphatic carbocycles. The minimum atomic E-state index is 0.230. The van der Waals surface area contributed by atoms with Gasteiger partial charge in [-0.2, -0.15) is 0 Å². The van der Waals surface area contributed by atoms with Crippen molar-refractivity contribution in [3.63, 3.8) is 0 Å². The molecule has 4 heteroatoms. The van der Waals surface area contributed by atoms with E-state index in [1.807, 2.05) is 23.6 Å². The van der Waals surface area contributed by atoms with Gasteiger partial charge in [-0.3, -0.25) is 0 Å². The van der Waals surface area contributed by atoms with Crippen LogP contribution in [0.3, 0.4) is 0 Å². The molecule has 1 unspecified atom stereocenters. The predicted molar refractivity (Wildman–Crippen MR) is 72.1 cm³/mol. The molecule has 18 heavy (non-hydrogen) atoms. The highest BCUT2D eigenvalue weighted by Gasteiger charge is 2.32. The first kappa shape index (κ1) is 11.3. The summed E-state index contributed by atoms with van der Waals surface area (Å²) in [6.07, 6.45) is 0.735.